The van der Waals surface area contributed by atoms with Gasteiger partial charge in [0.15, 0.2) is 0 Å². The highest BCUT2D eigenvalue weighted by Crippen LogP contribution is 2.21. The second-order valence-corrected chi connectivity index (χ2v) is 3.82. The predicted octanol–water partition coefficient (Wildman–Crippen LogP) is 2.01. The van der Waals surface area contributed by atoms with Gasteiger partial charge in [-0.05, 0) is 25.1 Å². The molecule has 1 aliphatic rings. The Bertz CT molecular complexity index is 356. The minimum absolute atomic E-state index is 0.159. The number of morpholine rings is 1. The largest absolute Gasteiger partial charge is 0.378 e. The van der Waals surface area contributed by atoms with Gasteiger partial charge in [-0.25, -0.2) is 8.78 Å². The van der Waals surface area contributed by atoms with Crippen molar-refractivity contribution in [2.24, 2.45) is 0 Å². The van der Waals surface area contributed by atoms with Crippen LogP contribution < -0.4 is 5.32 Å². The summed E-state index contributed by atoms with van der Waals surface area (Å²) in [6, 6.07) is 3.38. The van der Waals surface area contributed by atoms with Crippen LogP contribution in [0.25, 0.3) is 0 Å². The van der Waals surface area contributed by atoms with Crippen LogP contribution in [0.5, 0.6) is 0 Å². The molecule has 0 aliphatic carbocycles. The van der Waals surface area contributed by atoms with E-state index in [1.54, 1.807) is 0 Å². The molecule has 1 aromatic rings. The lowest BCUT2D eigenvalue weighted by atomic mass is 10.0. The fraction of sp³-hybridized carbons (Fsp3) is 0.455. The van der Waals surface area contributed by atoms with Crippen LogP contribution in [0.1, 0.15) is 18.5 Å². The molecular formula is C11H13F2NO. The molecule has 0 unspecified atom stereocenters. The number of hydrogen-bond donors (Lipinski definition) is 1. The Labute approximate surface area is 87.2 Å². The third-order valence-corrected chi connectivity index (χ3v) is 2.47. The molecule has 15 heavy (non-hydrogen) atoms. The monoisotopic (exact) mass is 213 g/mol. The first-order valence-corrected chi connectivity index (χ1v) is 4.95. The number of nitrogens with one attached hydrogen (secondary N) is 1. The maximum atomic E-state index is 13.4. The van der Waals surface area contributed by atoms with E-state index < -0.39 is 11.6 Å². The zero-order chi connectivity index (χ0) is 10.8. The van der Waals surface area contributed by atoms with Gasteiger partial charge in [0, 0.05) is 11.6 Å². The van der Waals surface area contributed by atoms with Crippen molar-refractivity contribution >= 4 is 0 Å². The summed E-state index contributed by atoms with van der Waals surface area (Å²) in [6.45, 7) is 2.93. The standard InChI is InChI=1S/C11H13F2NO/c1-7-5-15-6-11(14-7)9-4-8(12)2-3-10(9)13/h2-4,7,11,14H,5-6H2,1H3/t7-,11-/m0/s1. The van der Waals surface area contributed by atoms with Crippen molar-refractivity contribution in [1.29, 1.82) is 0 Å². The van der Waals surface area contributed by atoms with Gasteiger partial charge in [-0.3, -0.25) is 0 Å². The second kappa shape index (κ2) is 4.24. The van der Waals surface area contributed by atoms with E-state index in [0.29, 0.717) is 18.8 Å². The number of benzene rings is 1. The van der Waals surface area contributed by atoms with Gasteiger partial charge in [0.1, 0.15) is 11.6 Å². The van der Waals surface area contributed by atoms with Gasteiger partial charge in [0.2, 0.25) is 0 Å². The zero-order valence-electron chi connectivity index (χ0n) is 8.47. The molecule has 1 aromatic carbocycles. The second-order valence-electron chi connectivity index (χ2n) is 3.82. The Hall–Kier alpha value is -1.00. The van der Waals surface area contributed by atoms with Crippen molar-refractivity contribution in [3.8, 4) is 0 Å². The van der Waals surface area contributed by atoms with Crippen molar-refractivity contribution in [2.75, 3.05) is 13.2 Å². The molecule has 2 nitrogen and oxygen atoms in total. The van der Waals surface area contributed by atoms with E-state index in [0.717, 1.165) is 12.1 Å². The van der Waals surface area contributed by atoms with E-state index in [1.165, 1.54) is 6.07 Å². The minimum Gasteiger partial charge on any atom is -0.378 e. The summed E-state index contributed by atoms with van der Waals surface area (Å²) in [6.07, 6.45) is 0. The van der Waals surface area contributed by atoms with Crippen LogP contribution in [0.3, 0.4) is 0 Å². The minimum atomic E-state index is -0.425. The Balaban J connectivity index is 2.24. The van der Waals surface area contributed by atoms with Crippen LogP contribution in [-0.2, 0) is 4.74 Å². The lowest BCUT2D eigenvalue weighted by Gasteiger charge is -2.29. The molecule has 1 saturated heterocycles. The summed E-state index contributed by atoms with van der Waals surface area (Å²) in [4.78, 5) is 0. The van der Waals surface area contributed by atoms with Gasteiger partial charge in [0.25, 0.3) is 0 Å². The van der Waals surface area contributed by atoms with Crippen molar-refractivity contribution in [3.05, 3.63) is 35.4 Å². The number of hydrogen-bond acceptors (Lipinski definition) is 2. The molecule has 4 heteroatoms. The molecule has 82 valence electrons. The van der Waals surface area contributed by atoms with Crippen molar-refractivity contribution in [1.82, 2.24) is 5.32 Å². The Kier molecular flexibility index (Phi) is 2.98. The molecule has 0 spiro atoms. The average molecular weight is 213 g/mol. The first-order chi connectivity index (χ1) is 7.16. The lowest BCUT2D eigenvalue weighted by Crippen LogP contribution is -2.42. The van der Waals surface area contributed by atoms with Gasteiger partial charge >= 0.3 is 0 Å². The van der Waals surface area contributed by atoms with E-state index >= 15 is 0 Å². The fourth-order valence-electron chi connectivity index (χ4n) is 1.76. The van der Waals surface area contributed by atoms with Gasteiger partial charge < -0.3 is 10.1 Å². The third kappa shape index (κ3) is 2.33. The van der Waals surface area contributed by atoms with Crippen molar-refractivity contribution in [2.45, 2.75) is 19.0 Å². The highest BCUT2D eigenvalue weighted by Gasteiger charge is 2.22. The van der Waals surface area contributed by atoms with Crippen LogP contribution in [0.15, 0.2) is 18.2 Å². The van der Waals surface area contributed by atoms with E-state index in [-0.39, 0.29) is 12.1 Å². The van der Waals surface area contributed by atoms with Gasteiger partial charge in [-0.1, -0.05) is 0 Å². The molecule has 0 saturated carbocycles. The number of ether oxygens (including phenoxy) is 1. The van der Waals surface area contributed by atoms with Crippen LogP contribution >= 0.6 is 0 Å². The van der Waals surface area contributed by atoms with Crippen molar-refractivity contribution < 1.29 is 13.5 Å². The highest BCUT2D eigenvalue weighted by atomic mass is 19.1. The number of halogens is 2. The summed E-state index contributed by atoms with van der Waals surface area (Å²) in [5.74, 6) is -0.821. The topological polar surface area (TPSA) is 21.3 Å². The molecule has 1 fully saturated rings. The smallest absolute Gasteiger partial charge is 0.128 e. The maximum Gasteiger partial charge on any atom is 0.128 e. The van der Waals surface area contributed by atoms with Gasteiger partial charge in [-0.15, -0.1) is 0 Å². The Morgan fingerprint density at radius 2 is 2.13 bits per heavy atom. The lowest BCUT2D eigenvalue weighted by molar-refractivity contribution is 0.0493. The quantitative estimate of drug-likeness (QED) is 0.770. The number of rotatable bonds is 1. The van der Waals surface area contributed by atoms with Gasteiger partial charge in [-0.2, -0.15) is 0 Å². The fourth-order valence-corrected chi connectivity index (χ4v) is 1.76. The molecule has 0 aromatic heterocycles. The van der Waals surface area contributed by atoms with Crippen LogP contribution in [-0.4, -0.2) is 19.3 Å². The van der Waals surface area contributed by atoms with E-state index in [9.17, 15) is 8.78 Å². The molecule has 0 bridgehead atoms. The van der Waals surface area contributed by atoms with Gasteiger partial charge in [0.05, 0.1) is 19.3 Å². The van der Waals surface area contributed by atoms with Crippen LogP contribution in [0.2, 0.25) is 0 Å². The molecule has 1 aliphatic heterocycles. The average Bonchev–Trinajstić information content (AvgIpc) is 2.22. The summed E-state index contributed by atoms with van der Waals surface area (Å²) in [5, 5.41) is 3.17. The normalized spacial score (nSPS) is 26.6. The Morgan fingerprint density at radius 3 is 2.87 bits per heavy atom. The van der Waals surface area contributed by atoms with Crippen molar-refractivity contribution in [3.63, 3.8) is 0 Å². The van der Waals surface area contributed by atoms with E-state index in [4.69, 9.17) is 4.74 Å². The summed E-state index contributed by atoms with van der Waals surface area (Å²) >= 11 is 0. The molecule has 1 heterocycles. The van der Waals surface area contributed by atoms with E-state index in [2.05, 4.69) is 5.32 Å². The summed E-state index contributed by atoms with van der Waals surface area (Å²) < 4.78 is 31.7. The molecule has 0 amide bonds. The Morgan fingerprint density at radius 1 is 1.33 bits per heavy atom. The molecule has 2 atom stereocenters. The highest BCUT2D eigenvalue weighted by molar-refractivity contribution is 5.23. The van der Waals surface area contributed by atoms with E-state index in [1.807, 2.05) is 6.92 Å². The third-order valence-electron chi connectivity index (χ3n) is 2.47. The predicted molar refractivity (Wildman–Crippen MR) is 52.5 cm³/mol. The maximum absolute atomic E-state index is 13.4. The summed E-state index contributed by atoms with van der Waals surface area (Å²) in [5.41, 5.74) is 0.335. The van der Waals surface area contributed by atoms with Crippen LogP contribution in [0.4, 0.5) is 8.78 Å². The molecule has 2 rings (SSSR count). The molecule has 0 radical (unpaired) electrons. The zero-order valence-corrected chi connectivity index (χ0v) is 8.47. The molecular weight excluding hydrogens is 200 g/mol. The SMILES string of the molecule is C[C@H]1COC[C@@H](c2cc(F)ccc2F)N1. The first-order valence-electron chi connectivity index (χ1n) is 4.95. The molecule has 1 N–H and O–H groups in total. The first kappa shape index (κ1) is 10.5. The van der Waals surface area contributed by atoms with Crippen LogP contribution in [0, 0.1) is 11.6 Å². The summed E-state index contributed by atoms with van der Waals surface area (Å²) in [7, 11) is 0.